The molecule has 220 valence electrons. The second-order valence-electron chi connectivity index (χ2n) is 10.9. The number of hydrogen-bond donors (Lipinski definition) is 2. The molecule has 2 N–H and O–H groups in total. The number of hydrogen-bond acceptors (Lipinski definition) is 5. The number of H-pyrrole nitrogens is 1. The first kappa shape index (κ1) is 27.3. The summed E-state index contributed by atoms with van der Waals surface area (Å²) in [6, 6.07) is 28.0. The molecule has 5 aromatic rings. The van der Waals surface area contributed by atoms with Crippen LogP contribution < -0.4 is 19.7 Å². The number of para-hydroxylation sites is 2. The average molecular weight is 587 g/mol. The highest BCUT2D eigenvalue weighted by atomic mass is 16.5. The van der Waals surface area contributed by atoms with Gasteiger partial charge in [-0.3, -0.25) is 14.5 Å². The molecule has 2 aliphatic heterocycles. The quantitative estimate of drug-likeness (QED) is 0.242. The van der Waals surface area contributed by atoms with Gasteiger partial charge < -0.3 is 19.8 Å². The SMILES string of the molecule is COc1ccc(C2c3[nH]c4ccccc4c3CC3C(=O)N(c4ccc(C(=O)NCc5ccccc5OC)cc4)C(=O)N32)cc1. The highest BCUT2D eigenvalue weighted by Crippen LogP contribution is 2.45. The molecular formula is C35H30N4O5. The van der Waals surface area contributed by atoms with Crippen LogP contribution in [0.2, 0.25) is 0 Å². The largest absolute Gasteiger partial charge is 0.497 e. The number of rotatable bonds is 7. The van der Waals surface area contributed by atoms with Gasteiger partial charge in [-0.05, 0) is 59.7 Å². The van der Waals surface area contributed by atoms with E-state index in [9.17, 15) is 14.4 Å². The third-order valence-electron chi connectivity index (χ3n) is 8.50. The van der Waals surface area contributed by atoms with Crippen LogP contribution in [0.3, 0.4) is 0 Å². The number of amides is 4. The maximum Gasteiger partial charge on any atom is 0.332 e. The Morgan fingerprint density at radius 1 is 0.886 bits per heavy atom. The van der Waals surface area contributed by atoms with E-state index in [-0.39, 0.29) is 11.8 Å². The number of benzene rings is 4. The van der Waals surface area contributed by atoms with Crippen molar-refractivity contribution in [2.24, 2.45) is 0 Å². The Hall–Kier alpha value is -5.57. The van der Waals surface area contributed by atoms with Crippen molar-refractivity contribution >= 4 is 34.4 Å². The van der Waals surface area contributed by atoms with Gasteiger partial charge in [-0.1, -0.05) is 48.5 Å². The van der Waals surface area contributed by atoms with E-state index in [1.165, 1.54) is 4.90 Å². The topological polar surface area (TPSA) is 104 Å². The normalized spacial score (nSPS) is 17.4. The number of aromatic nitrogens is 1. The average Bonchev–Trinajstić information content (AvgIpc) is 3.56. The van der Waals surface area contributed by atoms with E-state index in [0.717, 1.165) is 33.3 Å². The summed E-state index contributed by atoms with van der Waals surface area (Å²) in [6.07, 6.45) is 0.399. The van der Waals surface area contributed by atoms with Gasteiger partial charge in [-0.15, -0.1) is 0 Å². The number of nitrogens with one attached hydrogen (secondary N) is 2. The van der Waals surface area contributed by atoms with E-state index < -0.39 is 18.1 Å². The Bertz CT molecular complexity index is 1900. The van der Waals surface area contributed by atoms with Crippen LogP contribution in [0.15, 0.2) is 97.1 Å². The monoisotopic (exact) mass is 586 g/mol. The molecule has 0 bridgehead atoms. The number of methoxy groups -OCH3 is 2. The summed E-state index contributed by atoms with van der Waals surface area (Å²) >= 11 is 0. The second kappa shape index (κ2) is 10.9. The summed E-state index contributed by atoms with van der Waals surface area (Å²) in [7, 11) is 3.20. The van der Waals surface area contributed by atoms with Crippen LogP contribution in [0.4, 0.5) is 10.5 Å². The minimum Gasteiger partial charge on any atom is -0.497 e. The smallest absolute Gasteiger partial charge is 0.332 e. The molecule has 44 heavy (non-hydrogen) atoms. The van der Waals surface area contributed by atoms with Gasteiger partial charge in [0, 0.05) is 40.7 Å². The highest BCUT2D eigenvalue weighted by Gasteiger charge is 2.53. The molecule has 1 aromatic heterocycles. The Balaban J connectivity index is 1.18. The minimum absolute atomic E-state index is 0.274. The maximum atomic E-state index is 14.1. The van der Waals surface area contributed by atoms with Crippen LogP contribution in [-0.4, -0.2) is 48.0 Å². The van der Waals surface area contributed by atoms with Gasteiger partial charge in [0.15, 0.2) is 0 Å². The van der Waals surface area contributed by atoms with E-state index >= 15 is 0 Å². The summed E-state index contributed by atoms with van der Waals surface area (Å²) in [5.41, 5.74) is 5.46. The molecule has 2 atom stereocenters. The molecule has 9 nitrogen and oxygen atoms in total. The molecule has 2 aliphatic rings. The molecule has 9 heteroatoms. The fraction of sp³-hybridized carbons (Fsp3) is 0.171. The first-order valence-corrected chi connectivity index (χ1v) is 14.4. The van der Waals surface area contributed by atoms with Crippen molar-refractivity contribution in [3.8, 4) is 11.5 Å². The zero-order valence-corrected chi connectivity index (χ0v) is 24.2. The standard InChI is InChI=1S/C35H30N4O5/c1-43-25-17-13-21(14-18-25)32-31-27(26-8-4-5-9-28(26)37-31)19-29-34(41)38(35(42)39(29)32)24-15-11-22(12-16-24)33(40)36-20-23-7-3-6-10-30(23)44-2/h3-18,29,32,37H,19-20H2,1-2H3,(H,36,40). The fourth-order valence-electron chi connectivity index (χ4n) is 6.33. The summed E-state index contributed by atoms with van der Waals surface area (Å²) in [5, 5.41) is 3.95. The summed E-state index contributed by atoms with van der Waals surface area (Å²) in [6.45, 7) is 0.298. The number of ether oxygens (including phenoxy) is 2. The number of nitrogens with zero attached hydrogens (tertiary/aromatic N) is 2. The summed E-state index contributed by atoms with van der Waals surface area (Å²) in [5.74, 6) is 0.829. The zero-order chi connectivity index (χ0) is 30.4. The van der Waals surface area contributed by atoms with Crippen molar-refractivity contribution in [1.82, 2.24) is 15.2 Å². The molecule has 3 heterocycles. The van der Waals surface area contributed by atoms with E-state index in [0.29, 0.717) is 35.7 Å². The van der Waals surface area contributed by atoms with E-state index in [1.807, 2.05) is 72.8 Å². The van der Waals surface area contributed by atoms with Crippen LogP contribution in [0.25, 0.3) is 10.9 Å². The molecule has 4 amide bonds. The van der Waals surface area contributed by atoms with Crippen molar-refractivity contribution in [1.29, 1.82) is 0 Å². The van der Waals surface area contributed by atoms with Gasteiger partial charge >= 0.3 is 6.03 Å². The number of carbonyl (C=O) groups excluding carboxylic acids is 3. The van der Waals surface area contributed by atoms with Gasteiger partial charge in [0.1, 0.15) is 23.6 Å². The Morgan fingerprint density at radius 3 is 2.36 bits per heavy atom. The minimum atomic E-state index is -0.676. The third-order valence-corrected chi connectivity index (χ3v) is 8.50. The number of urea groups is 1. The Labute approximate surface area is 254 Å². The van der Waals surface area contributed by atoms with Gasteiger partial charge in [-0.2, -0.15) is 0 Å². The van der Waals surface area contributed by atoms with E-state index in [1.54, 1.807) is 43.4 Å². The van der Waals surface area contributed by atoms with Crippen molar-refractivity contribution in [3.05, 3.63) is 125 Å². The maximum absolute atomic E-state index is 14.1. The molecule has 0 saturated carbocycles. The van der Waals surface area contributed by atoms with Crippen LogP contribution >= 0.6 is 0 Å². The molecule has 0 spiro atoms. The van der Waals surface area contributed by atoms with Gasteiger partial charge in [0.25, 0.3) is 11.8 Å². The van der Waals surface area contributed by atoms with E-state index in [2.05, 4.69) is 10.3 Å². The molecular weight excluding hydrogens is 556 g/mol. The van der Waals surface area contributed by atoms with E-state index in [4.69, 9.17) is 9.47 Å². The Kier molecular flexibility index (Phi) is 6.77. The fourth-order valence-corrected chi connectivity index (χ4v) is 6.33. The molecule has 0 radical (unpaired) electrons. The number of fused-ring (bicyclic) bond motifs is 4. The van der Waals surface area contributed by atoms with Crippen molar-refractivity contribution < 1.29 is 23.9 Å². The van der Waals surface area contributed by atoms with Gasteiger partial charge in [0.05, 0.1) is 19.9 Å². The Morgan fingerprint density at radius 2 is 1.61 bits per heavy atom. The van der Waals surface area contributed by atoms with Gasteiger partial charge in [0.2, 0.25) is 0 Å². The van der Waals surface area contributed by atoms with Crippen molar-refractivity contribution in [2.45, 2.75) is 25.0 Å². The van der Waals surface area contributed by atoms with Gasteiger partial charge in [-0.25, -0.2) is 9.69 Å². The zero-order valence-electron chi connectivity index (χ0n) is 24.2. The first-order chi connectivity index (χ1) is 21.5. The van der Waals surface area contributed by atoms with Crippen LogP contribution in [0.5, 0.6) is 11.5 Å². The lowest BCUT2D eigenvalue weighted by Gasteiger charge is -2.36. The van der Waals surface area contributed by atoms with Crippen molar-refractivity contribution in [2.75, 3.05) is 19.1 Å². The highest BCUT2D eigenvalue weighted by molar-refractivity contribution is 6.22. The third kappa shape index (κ3) is 4.44. The molecule has 2 unspecified atom stereocenters. The first-order valence-electron chi connectivity index (χ1n) is 14.4. The lowest BCUT2D eigenvalue weighted by Crippen LogP contribution is -2.44. The predicted octanol–water partition coefficient (Wildman–Crippen LogP) is 5.60. The summed E-state index contributed by atoms with van der Waals surface area (Å²) < 4.78 is 10.7. The van der Waals surface area contributed by atoms with Crippen LogP contribution in [-0.2, 0) is 17.8 Å². The molecule has 0 aliphatic carbocycles. The molecule has 1 fully saturated rings. The molecule has 7 rings (SSSR count). The molecule has 1 saturated heterocycles. The van der Waals surface area contributed by atoms with Crippen molar-refractivity contribution in [3.63, 3.8) is 0 Å². The van der Waals surface area contributed by atoms with Crippen LogP contribution in [0, 0.1) is 0 Å². The second-order valence-corrected chi connectivity index (χ2v) is 10.9. The van der Waals surface area contributed by atoms with Crippen LogP contribution in [0.1, 0.15) is 38.8 Å². The number of anilines is 1. The molecule has 4 aromatic carbocycles. The number of imide groups is 1. The lowest BCUT2D eigenvalue weighted by atomic mass is 9.89. The predicted molar refractivity (Wildman–Crippen MR) is 166 cm³/mol. The summed E-state index contributed by atoms with van der Waals surface area (Å²) in [4.78, 5) is 47.5. The number of carbonyl (C=O) groups is 3. The lowest BCUT2D eigenvalue weighted by molar-refractivity contribution is -0.120. The number of aromatic amines is 1.